The molecule has 3 nitrogen and oxygen atoms in total. The van der Waals surface area contributed by atoms with E-state index in [4.69, 9.17) is 5.11 Å². The van der Waals surface area contributed by atoms with E-state index in [9.17, 15) is 4.79 Å². The van der Waals surface area contributed by atoms with Crippen LogP contribution in [0, 0.1) is 5.41 Å². The smallest absolute Gasteiger partial charge is 0.310 e. The number of aliphatic carboxylic acids is 1. The Labute approximate surface area is 78.7 Å². The first-order chi connectivity index (χ1) is 6.14. The van der Waals surface area contributed by atoms with Crippen molar-refractivity contribution in [2.45, 2.75) is 38.6 Å². The van der Waals surface area contributed by atoms with Gasteiger partial charge in [0.05, 0.1) is 5.41 Å². The molecule has 0 unspecified atom stereocenters. The van der Waals surface area contributed by atoms with Crippen LogP contribution in [0.2, 0.25) is 0 Å². The van der Waals surface area contributed by atoms with Gasteiger partial charge in [0.25, 0.3) is 0 Å². The minimum atomic E-state index is -0.591. The molecule has 0 spiro atoms. The second-order valence-electron chi connectivity index (χ2n) is 4.55. The fraction of sp³-hybridized carbons (Fsp3) is 0.900. The van der Waals surface area contributed by atoms with Gasteiger partial charge in [0.2, 0.25) is 0 Å². The Balaban J connectivity index is 1.94. The molecule has 13 heavy (non-hydrogen) atoms. The van der Waals surface area contributed by atoms with Crippen LogP contribution < -0.4 is 0 Å². The summed E-state index contributed by atoms with van der Waals surface area (Å²) >= 11 is 0. The van der Waals surface area contributed by atoms with E-state index in [1.807, 2.05) is 0 Å². The number of likely N-dealkylation sites (tertiary alicyclic amines) is 1. The van der Waals surface area contributed by atoms with Gasteiger partial charge in [0.1, 0.15) is 0 Å². The Hall–Kier alpha value is -0.570. The second-order valence-corrected chi connectivity index (χ2v) is 4.55. The molecule has 0 radical (unpaired) electrons. The number of rotatable bonds is 3. The predicted octanol–water partition coefficient (Wildman–Crippen LogP) is 1.34. The summed E-state index contributed by atoms with van der Waals surface area (Å²) in [4.78, 5) is 13.3. The van der Waals surface area contributed by atoms with E-state index >= 15 is 0 Å². The van der Waals surface area contributed by atoms with Crippen molar-refractivity contribution in [3.63, 3.8) is 0 Å². The Morgan fingerprint density at radius 2 is 2.31 bits per heavy atom. The molecule has 2 fully saturated rings. The maximum atomic E-state index is 11.0. The molecule has 74 valence electrons. The SMILES string of the molecule is C[C@H]1CCCN1CC1(C(=O)O)CC1. The van der Waals surface area contributed by atoms with Gasteiger partial charge >= 0.3 is 5.97 Å². The standard InChI is InChI=1S/C10H17NO2/c1-8-3-2-6-11(8)7-10(4-5-10)9(12)13/h8H,2-7H2,1H3,(H,12,13)/t8-/m0/s1. The van der Waals surface area contributed by atoms with Crippen molar-refractivity contribution in [1.29, 1.82) is 0 Å². The highest BCUT2D eigenvalue weighted by molar-refractivity contribution is 5.78. The zero-order valence-corrected chi connectivity index (χ0v) is 8.12. The van der Waals surface area contributed by atoms with Gasteiger partial charge in [-0.15, -0.1) is 0 Å². The van der Waals surface area contributed by atoms with Crippen molar-refractivity contribution in [3.05, 3.63) is 0 Å². The summed E-state index contributed by atoms with van der Waals surface area (Å²) in [6, 6.07) is 0.594. The molecule has 0 bridgehead atoms. The largest absolute Gasteiger partial charge is 0.481 e. The third kappa shape index (κ3) is 1.57. The van der Waals surface area contributed by atoms with Gasteiger partial charge in [-0.05, 0) is 39.2 Å². The molecule has 1 saturated carbocycles. The van der Waals surface area contributed by atoms with Crippen molar-refractivity contribution in [2.24, 2.45) is 5.41 Å². The van der Waals surface area contributed by atoms with Crippen LogP contribution in [0.3, 0.4) is 0 Å². The Kier molecular flexibility index (Phi) is 2.06. The van der Waals surface area contributed by atoms with Gasteiger partial charge in [-0.1, -0.05) is 0 Å². The Bertz CT molecular complexity index is 223. The molecule has 1 heterocycles. The summed E-state index contributed by atoms with van der Waals surface area (Å²) in [5.41, 5.74) is -0.362. The van der Waals surface area contributed by atoms with E-state index in [1.54, 1.807) is 0 Å². The van der Waals surface area contributed by atoms with Crippen LogP contribution in [0.1, 0.15) is 32.6 Å². The molecule has 0 aromatic rings. The molecule has 2 rings (SSSR count). The zero-order valence-electron chi connectivity index (χ0n) is 8.12. The minimum Gasteiger partial charge on any atom is -0.481 e. The summed E-state index contributed by atoms with van der Waals surface area (Å²) in [5.74, 6) is -0.591. The predicted molar refractivity (Wildman–Crippen MR) is 49.6 cm³/mol. The lowest BCUT2D eigenvalue weighted by molar-refractivity contribution is -0.144. The van der Waals surface area contributed by atoms with Gasteiger partial charge in [-0.25, -0.2) is 0 Å². The Morgan fingerprint density at radius 1 is 1.62 bits per heavy atom. The van der Waals surface area contributed by atoms with Crippen LogP contribution in [0.15, 0.2) is 0 Å². The van der Waals surface area contributed by atoms with E-state index in [2.05, 4.69) is 11.8 Å². The minimum absolute atomic E-state index is 0.362. The van der Waals surface area contributed by atoms with E-state index < -0.39 is 5.97 Å². The molecule has 1 atom stereocenters. The molecule has 1 saturated heterocycles. The van der Waals surface area contributed by atoms with E-state index in [-0.39, 0.29) is 5.41 Å². The highest BCUT2D eigenvalue weighted by Crippen LogP contribution is 2.47. The van der Waals surface area contributed by atoms with E-state index in [0.717, 1.165) is 25.9 Å². The fourth-order valence-corrected chi connectivity index (χ4v) is 2.21. The molecule has 2 aliphatic rings. The molecule has 1 N–H and O–H groups in total. The van der Waals surface area contributed by atoms with Crippen LogP contribution in [0.5, 0.6) is 0 Å². The Morgan fingerprint density at radius 3 is 2.69 bits per heavy atom. The maximum Gasteiger partial charge on any atom is 0.310 e. The molecule has 1 aliphatic heterocycles. The normalized spacial score (nSPS) is 31.9. The first kappa shape index (κ1) is 9.00. The van der Waals surface area contributed by atoms with Crippen LogP contribution in [-0.4, -0.2) is 35.1 Å². The molecule has 3 heteroatoms. The molecule has 0 aromatic heterocycles. The third-order valence-corrected chi connectivity index (χ3v) is 3.50. The molecular weight excluding hydrogens is 166 g/mol. The van der Waals surface area contributed by atoms with Gasteiger partial charge in [0, 0.05) is 12.6 Å². The number of nitrogens with zero attached hydrogens (tertiary/aromatic N) is 1. The molecule has 1 aliphatic carbocycles. The molecule has 0 amide bonds. The summed E-state index contributed by atoms with van der Waals surface area (Å²) in [5, 5.41) is 9.02. The molecular formula is C10H17NO2. The van der Waals surface area contributed by atoms with Crippen molar-refractivity contribution >= 4 is 5.97 Å². The molecule has 0 aromatic carbocycles. The number of hydrogen-bond acceptors (Lipinski definition) is 2. The highest BCUT2D eigenvalue weighted by atomic mass is 16.4. The zero-order chi connectivity index (χ0) is 9.47. The summed E-state index contributed by atoms with van der Waals surface area (Å²) in [6.07, 6.45) is 4.23. The quantitative estimate of drug-likeness (QED) is 0.717. The van der Waals surface area contributed by atoms with Crippen LogP contribution in [0.4, 0.5) is 0 Å². The first-order valence-corrected chi connectivity index (χ1v) is 5.11. The van der Waals surface area contributed by atoms with Crippen molar-refractivity contribution in [1.82, 2.24) is 4.90 Å². The second kappa shape index (κ2) is 2.98. The lowest BCUT2D eigenvalue weighted by Crippen LogP contribution is -2.36. The van der Waals surface area contributed by atoms with Crippen molar-refractivity contribution < 1.29 is 9.90 Å². The average Bonchev–Trinajstić information content (AvgIpc) is 2.74. The monoisotopic (exact) mass is 183 g/mol. The van der Waals surface area contributed by atoms with Crippen molar-refractivity contribution in [3.8, 4) is 0 Å². The lowest BCUT2D eigenvalue weighted by atomic mass is 10.1. The summed E-state index contributed by atoms with van der Waals surface area (Å²) in [6.45, 7) is 4.07. The fourth-order valence-electron chi connectivity index (χ4n) is 2.21. The number of carboxylic acids is 1. The number of carbonyl (C=O) groups is 1. The lowest BCUT2D eigenvalue weighted by Gasteiger charge is -2.24. The van der Waals surface area contributed by atoms with Crippen LogP contribution >= 0.6 is 0 Å². The summed E-state index contributed by atoms with van der Waals surface area (Å²) in [7, 11) is 0. The average molecular weight is 183 g/mol. The number of carboxylic acid groups (broad SMARTS) is 1. The highest BCUT2D eigenvalue weighted by Gasteiger charge is 2.51. The van der Waals surface area contributed by atoms with Gasteiger partial charge < -0.3 is 5.11 Å². The van der Waals surface area contributed by atoms with Crippen LogP contribution in [-0.2, 0) is 4.79 Å². The van der Waals surface area contributed by atoms with E-state index in [1.165, 1.54) is 12.8 Å². The van der Waals surface area contributed by atoms with E-state index in [0.29, 0.717) is 6.04 Å². The van der Waals surface area contributed by atoms with Crippen LogP contribution in [0.25, 0.3) is 0 Å². The van der Waals surface area contributed by atoms with Gasteiger partial charge in [-0.3, -0.25) is 9.69 Å². The first-order valence-electron chi connectivity index (χ1n) is 5.11. The number of hydrogen-bond donors (Lipinski definition) is 1. The van der Waals surface area contributed by atoms with Gasteiger partial charge in [0.15, 0.2) is 0 Å². The van der Waals surface area contributed by atoms with Crippen molar-refractivity contribution in [2.75, 3.05) is 13.1 Å². The third-order valence-electron chi connectivity index (χ3n) is 3.50. The van der Waals surface area contributed by atoms with Gasteiger partial charge in [-0.2, -0.15) is 0 Å². The maximum absolute atomic E-state index is 11.0. The topological polar surface area (TPSA) is 40.5 Å². The summed E-state index contributed by atoms with van der Waals surface area (Å²) < 4.78 is 0.